The first-order valence-electron chi connectivity index (χ1n) is 15.9. The van der Waals surface area contributed by atoms with Crippen LogP contribution in [-0.2, 0) is 0 Å². The maximum absolute atomic E-state index is 13.9. The van der Waals surface area contributed by atoms with E-state index in [1.807, 2.05) is 97.1 Å². The molecule has 0 bridgehead atoms. The molecule has 0 spiro atoms. The fourth-order valence-electron chi connectivity index (χ4n) is 5.39. The molecule has 0 radical (unpaired) electrons. The van der Waals surface area contributed by atoms with Crippen LogP contribution >= 0.6 is 0 Å². The predicted molar refractivity (Wildman–Crippen MR) is 187 cm³/mol. The number of aromatic hydroxyl groups is 2. The molecule has 0 unspecified atom stereocenters. The van der Waals surface area contributed by atoms with Gasteiger partial charge in [-0.15, -0.1) is 0 Å². The van der Waals surface area contributed by atoms with Crippen LogP contribution in [0.4, 0.5) is 11.4 Å². The lowest BCUT2D eigenvalue weighted by molar-refractivity contribution is 0.0980. The van der Waals surface area contributed by atoms with E-state index >= 15 is 0 Å². The number of hydrogen-bond acceptors (Lipinski definition) is 4. The summed E-state index contributed by atoms with van der Waals surface area (Å²) in [5, 5.41) is 19.2. The van der Waals surface area contributed by atoms with E-state index in [4.69, 9.17) is 0 Å². The summed E-state index contributed by atoms with van der Waals surface area (Å²) in [7, 11) is 0. The normalized spacial score (nSPS) is 10.8. The van der Waals surface area contributed by atoms with Gasteiger partial charge in [-0.3, -0.25) is 9.59 Å². The Bertz CT molecular complexity index is 1620. The number of amides is 2. The summed E-state index contributed by atoms with van der Waals surface area (Å²) < 4.78 is 0. The van der Waals surface area contributed by atoms with E-state index in [1.54, 1.807) is 34.1 Å². The van der Waals surface area contributed by atoms with E-state index < -0.39 is 0 Å². The van der Waals surface area contributed by atoms with Crippen LogP contribution in [0.1, 0.15) is 60.2 Å². The minimum absolute atomic E-state index is 0.0980. The van der Waals surface area contributed by atoms with Gasteiger partial charge in [0.05, 0.1) is 0 Å². The zero-order valence-electron chi connectivity index (χ0n) is 26.4. The smallest absolute Gasteiger partial charge is 0.258 e. The van der Waals surface area contributed by atoms with Crippen molar-refractivity contribution in [1.29, 1.82) is 0 Å². The molecule has 234 valence electrons. The molecule has 0 saturated heterocycles. The number of carbonyl (C=O) groups is 2. The maximum atomic E-state index is 13.9. The third-order valence-electron chi connectivity index (χ3n) is 8.08. The summed E-state index contributed by atoms with van der Waals surface area (Å²) in [4.78, 5) is 31.4. The van der Waals surface area contributed by atoms with E-state index in [9.17, 15) is 19.8 Å². The van der Waals surface area contributed by atoms with Crippen molar-refractivity contribution in [2.45, 2.75) is 39.5 Å². The van der Waals surface area contributed by atoms with Crippen molar-refractivity contribution < 1.29 is 19.8 Å². The van der Waals surface area contributed by atoms with Gasteiger partial charge in [0, 0.05) is 35.6 Å². The van der Waals surface area contributed by atoms with Gasteiger partial charge in [-0.05, 0) is 102 Å². The first kappa shape index (κ1) is 32.0. The Morgan fingerprint density at radius 1 is 0.500 bits per heavy atom. The van der Waals surface area contributed by atoms with Crippen LogP contribution in [0.5, 0.6) is 11.5 Å². The fourth-order valence-corrected chi connectivity index (χ4v) is 5.39. The van der Waals surface area contributed by atoms with Crippen molar-refractivity contribution >= 4 is 23.2 Å². The van der Waals surface area contributed by atoms with Crippen molar-refractivity contribution in [3.63, 3.8) is 0 Å². The summed E-state index contributed by atoms with van der Waals surface area (Å²) in [6.07, 6.45) is 3.55. The second-order valence-corrected chi connectivity index (χ2v) is 11.4. The van der Waals surface area contributed by atoms with Gasteiger partial charge in [-0.25, -0.2) is 0 Å². The first-order chi connectivity index (χ1) is 22.4. The van der Waals surface area contributed by atoms with Gasteiger partial charge in [-0.1, -0.05) is 81.3 Å². The number of rotatable bonds is 12. The average molecular weight is 613 g/mol. The highest BCUT2D eigenvalue weighted by Crippen LogP contribution is 2.29. The van der Waals surface area contributed by atoms with Gasteiger partial charge in [0.1, 0.15) is 11.5 Å². The summed E-state index contributed by atoms with van der Waals surface area (Å²) in [6.45, 7) is 5.31. The Balaban J connectivity index is 1.41. The van der Waals surface area contributed by atoms with Crippen LogP contribution in [0.25, 0.3) is 22.3 Å². The van der Waals surface area contributed by atoms with E-state index in [2.05, 4.69) is 13.8 Å². The number of anilines is 2. The van der Waals surface area contributed by atoms with Crippen molar-refractivity contribution in [3.05, 3.63) is 132 Å². The van der Waals surface area contributed by atoms with Crippen LogP contribution in [-0.4, -0.2) is 35.1 Å². The lowest BCUT2D eigenvalue weighted by Gasteiger charge is -2.27. The Morgan fingerprint density at radius 2 is 0.826 bits per heavy atom. The number of nitrogens with zero attached hydrogens (tertiary/aromatic N) is 2. The highest BCUT2D eigenvalue weighted by atomic mass is 16.3. The number of unbranched alkanes of at least 4 members (excludes halogenated alkanes) is 2. The van der Waals surface area contributed by atoms with Crippen LogP contribution in [0.2, 0.25) is 0 Å². The van der Waals surface area contributed by atoms with E-state index in [0.29, 0.717) is 24.2 Å². The SMILES string of the molecule is CCCCN(C(=O)c1ccc(-c2ccc(O)cc2)cc1)c1cccc(N(CCCC)C(=O)c2ccc(-c3ccc(O)cc3)cc2)c1. The van der Waals surface area contributed by atoms with E-state index in [-0.39, 0.29) is 23.3 Å². The Hall–Kier alpha value is -5.36. The predicted octanol–water partition coefficient (Wildman–Crippen LogP) is 9.33. The van der Waals surface area contributed by atoms with Crippen molar-refractivity contribution in [2.75, 3.05) is 22.9 Å². The molecule has 5 aromatic carbocycles. The zero-order chi connectivity index (χ0) is 32.5. The van der Waals surface area contributed by atoms with Gasteiger partial charge in [0.15, 0.2) is 0 Å². The lowest BCUT2D eigenvalue weighted by atomic mass is 10.0. The molecule has 46 heavy (non-hydrogen) atoms. The molecule has 0 aliphatic heterocycles. The molecule has 6 heteroatoms. The number of benzene rings is 5. The monoisotopic (exact) mass is 612 g/mol. The van der Waals surface area contributed by atoms with Crippen molar-refractivity contribution in [2.24, 2.45) is 0 Å². The Labute approximate surface area is 271 Å². The molecule has 0 aromatic heterocycles. The number of carbonyl (C=O) groups excluding carboxylic acids is 2. The van der Waals surface area contributed by atoms with Crippen LogP contribution < -0.4 is 9.80 Å². The molecule has 0 aliphatic rings. The molecular formula is C40H40N2O4. The average Bonchev–Trinajstić information content (AvgIpc) is 3.09. The fraction of sp³-hybridized carbons (Fsp3) is 0.200. The summed E-state index contributed by atoms with van der Waals surface area (Å²) in [5.74, 6) is 0.226. The third-order valence-corrected chi connectivity index (χ3v) is 8.08. The van der Waals surface area contributed by atoms with E-state index in [0.717, 1.165) is 59.3 Å². The van der Waals surface area contributed by atoms with Crippen LogP contribution in [0, 0.1) is 0 Å². The number of phenols is 2. The molecular weight excluding hydrogens is 572 g/mol. The van der Waals surface area contributed by atoms with Crippen LogP contribution in [0.15, 0.2) is 121 Å². The molecule has 0 atom stereocenters. The Kier molecular flexibility index (Phi) is 10.5. The standard InChI is InChI=1S/C40H40N2O4/c1-3-5-26-41(39(45)33-14-10-29(11-15-33)31-18-22-37(43)23-19-31)35-8-7-9-36(28-35)42(27-6-4-2)40(46)34-16-12-30(13-17-34)32-20-24-38(44)25-21-32/h7-25,28,43-44H,3-6,26-27H2,1-2H3. The Morgan fingerprint density at radius 3 is 1.15 bits per heavy atom. The molecule has 5 aromatic rings. The quantitative estimate of drug-likeness (QED) is 0.147. The highest BCUT2D eigenvalue weighted by molar-refractivity contribution is 6.08. The molecule has 2 amide bonds. The lowest BCUT2D eigenvalue weighted by Crippen LogP contribution is -2.34. The third kappa shape index (κ3) is 7.64. The first-order valence-corrected chi connectivity index (χ1v) is 15.9. The minimum Gasteiger partial charge on any atom is -0.508 e. The summed E-state index contributed by atoms with van der Waals surface area (Å²) >= 11 is 0. The zero-order valence-corrected chi connectivity index (χ0v) is 26.4. The summed E-state index contributed by atoms with van der Waals surface area (Å²) in [6, 6.07) is 36.7. The molecule has 2 N–H and O–H groups in total. The molecule has 0 aliphatic carbocycles. The molecule has 0 fully saturated rings. The van der Waals surface area contributed by atoms with Gasteiger partial charge in [-0.2, -0.15) is 0 Å². The van der Waals surface area contributed by atoms with Gasteiger partial charge >= 0.3 is 0 Å². The van der Waals surface area contributed by atoms with Crippen molar-refractivity contribution in [3.8, 4) is 33.8 Å². The van der Waals surface area contributed by atoms with Gasteiger partial charge < -0.3 is 20.0 Å². The molecule has 0 saturated carbocycles. The van der Waals surface area contributed by atoms with E-state index in [1.165, 1.54) is 0 Å². The van der Waals surface area contributed by atoms with Gasteiger partial charge in [0.25, 0.3) is 11.8 Å². The number of hydrogen-bond donors (Lipinski definition) is 2. The second kappa shape index (κ2) is 15.1. The van der Waals surface area contributed by atoms with Gasteiger partial charge in [0.2, 0.25) is 0 Å². The summed E-state index contributed by atoms with van der Waals surface area (Å²) in [5.41, 5.74) is 6.48. The number of phenolic OH excluding ortho intramolecular Hbond substituents is 2. The topological polar surface area (TPSA) is 81.1 Å². The second-order valence-electron chi connectivity index (χ2n) is 11.4. The van der Waals surface area contributed by atoms with Crippen LogP contribution in [0.3, 0.4) is 0 Å². The highest BCUT2D eigenvalue weighted by Gasteiger charge is 2.22. The largest absolute Gasteiger partial charge is 0.508 e. The molecule has 6 nitrogen and oxygen atoms in total. The maximum Gasteiger partial charge on any atom is 0.258 e. The van der Waals surface area contributed by atoms with Crippen molar-refractivity contribution in [1.82, 2.24) is 0 Å². The molecule has 5 rings (SSSR count). The minimum atomic E-state index is -0.0980. The molecule has 0 heterocycles.